The number of nitrogens with one attached hydrogen (secondary N) is 1. The Kier molecular flexibility index (Phi) is 8.10. The average molecular weight is 525 g/mol. The van der Waals surface area contributed by atoms with Crippen molar-refractivity contribution >= 4 is 39.6 Å². The van der Waals surface area contributed by atoms with Crippen LogP contribution in [0.4, 0.5) is 5.95 Å². The second-order valence-corrected chi connectivity index (χ2v) is 9.41. The number of nitrogens with zero attached hydrogens (tertiary/aromatic N) is 3. The van der Waals surface area contributed by atoms with Crippen molar-refractivity contribution in [3.8, 4) is 11.5 Å². The molecule has 8 nitrogen and oxygen atoms in total. The van der Waals surface area contributed by atoms with Crippen LogP contribution in [0.15, 0.2) is 33.0 Å². The molecule has 1 unspecified atom stereocenters. The minimum absolute atomic E-state index is 0.252. The van der Waals surface area contributed by atoms with Gasteiger partial charge in [0.2, 0.25) is 11.1 Å². The first-order valence-electron chi connectivity index (χ1n) is 10.6. The van der Waals surface area contributed by atoms with Gasteiger partial charge in [0.05, 0.1) is 29.9 Å². The van der Waals surface area contributed by atoms with Crippen molar-refractivity contribution in [2.75, 3.05) is 24.8 Å². The Morgan fingerprint density at radius 2 is 2.09 bits per heavy atom. The van der Waals surface area contributed by atoms with Crippen LogP contribution >= 0.6 is 27.7 Å². The molecule has 1 atom stereocenters. The molecule has 0 spiro atoms. The Morgan fingerprint density at radius 1 is 1.34 bits per heavy atom. The quantitative estimate of drug-likeness (QED) is 0.354. The van der Waals surface area contributed by atoms with E-state index in [2.05, 4.69) is 33.2 Å². The molecule has 0 aliphatic carbocycles. The number of allylic oxidation sites excluding steroid dienone is 1. The van der Waals surface area contributed by atoms with Gasteiger partial charge in [-0.05, 0) is 67.7 Å². The summed E-state index contributed by atoms with van der Waals surface area (Å²) in [7, 11) is 1.59. The van der Waals surface area contributed by atoms with E-state index in [4.69, 9.17) is 19.3 Å². The van der Waals surface area contributed by atoms with E-state index in [1.807, 2.05) is 39.8 Å². The van der Waals surface area contributed by atoms with Crippen LogP contribution in [0.3, 0.4) is 0 Å². The molecule has 10 heteroatoms. The Labute approximate surface area is 201 Å². The third-order valence-corrected chi connectivity index (χ3v) is 6.32. The minimum atomic E-state index is -0.539. The number of aromatic nitrogens is 3. The zero-order valence-corrected chi connectivity index (χ0v) is 21.6. The van der Waals surface area contributed by atoms with Crippen LogP contribution in [0.2, 0.25) is 0 Å². The molecule has 1 aliphatic rings. The summed E-state index contributed by atoms with van der Waals surface area (Å²) in [6.07, 6.45) is 0.760. The molecule has 2 aromatic rings. The molecule has 0 saturated carbocycles. The van der Waals surface area contributed by atoms with Crippen molar-refractivity contribution in [1.82, 2.24) is 14.8 Å². The maximum atomic E-state index is 13.2. The number of hydrogen-bond donors (Lipinski definition) is 1. The van der Waals surface area contributed by atoms with Crippen LogP contribution in [-0.2, 0) is 9.53 Å². The first kappa shape index (κ1) is 24.4. The molecule has 32 heavy (non-hydrogen) atoms. The number of esters is 1. The van der Waals surface area contributed by atoms with Crippen molar-refractivity contribution in [3.05, 3.63) is 33.4 Å². The fourth-order valence-electron chi connectivity index (χ4n) is 3.44. The van der Waals surface area contributed by atoms with Gasteiger partial charge in [0.1, 0.15) is 6.04 Å². The number of methoxy groups -OCH3 is 1. The smallest absolute Gasteiger partial charge is 0.338 e. The third kappa shape index (κ3) is 5.06. The number of thioether (sulfide) groups is 1. The summed E-state index contributed by atoms with van der Waals surface area (Å²) in [4.78, 5) is 17.8. The Bertz CT molecular complexity index is 1020. The lowest BCUT2D eigenvalue weighted by Crippen LogP contribution is -2.30. The summed E-state index contributed by atoms with van der Waals surface area (Å²) < 4.78 is 19.4. The summed E-state index contributed by atoms with van der Waals surface area (Å²) in [5, 5.41) is 8.60. The van der Waals surface area contributed by atoms with Gasteiger partial charge < -0.3 is 19.5 Å². The van der Waals surface area contributed by atoms with Crippen molar-refractivity contribution < 1.29 is 19.0 Å². The lowest BCUT2D eigenvalue weighted by molar-refractivity contribution is -0.143. The first-order chi connectivity index (χ1) is 15.3. The van der Waals surface area contributed by atoms with Crippen molar-refractivity contribution in [1.29, 1.82) is 0 Å². The van der Waals surface area contributed by atoms with Crippen LogP contribution in [0, 0.1) is 0 Å². The standard InChI is InChI=1S/C22H29BrN4O4S/c1-7-9-32-22-25-21-24-13(5)17(20(28)31-12(3)4)18(27(21)26-22)14-10-15(23)19(29-6)16(11-14)30-8-2/h10-12,18H,7-9H2,1-6H3,(H,24,25,26). The highest BCUT2D eigenvalue weighted by Gasteiger charge is 2.36. The number of rotatable bonds is 9. The Hall–Kier alpha value is -2.20. The van der Waals surface area contributed by atoms with E-state index in [0.29, 0.717) is 40.5 Å². The number of hydrogen-bond acceptors (Lipinski definition) is 8. The zero-order valence-electron chi connectivity index (χ0n) is 19.2. The molecule has 0 fully saturated rings. The number of benzene rings is 1. The van der Waals surface area contributed by atoms with Gasteiger partial charge in [-0.25, -0.2) is 9.48 Å². The van der Waals surface area contributed by atoms with Crippen LogP contribution in [0.1, 0.15) is 52.6 Å². The maximum absolute atomic E-state index is 13.2. The molecule has 0 saturated heterocycles. The number of carbonyl (C=O) groups is 1. The molecule has 3 rings (SSSR count). The number of fused-ring (bicyclic) bond motifs is 1. The lowest BCUT2D eigenvalue weighted by Gasteiger charge is -2.29. The highest BCUT2D eigenvalue weighted by Crippen LogP contribution is 2.43. The van der Waals surface area contributed by atoms with Gasteiger partial charge >= 0.3 is 5.97 Å². The normalized spacial score (nSPS) is 15.4. The summed E-state index contributed by atoms with van der Waals surface area (Å²) in [6.45, 7) is 10.0. The predicted octanol–water partition coefficient (Wildman–Crippen LogP) is 5.19. The predicted molar refractivity (Wildman–Crippen MR) is 129 cm³/mol. The summed E-state index contributed by atoms with van der Waals surface area (Å²) in [5.74, 6) is 2.26. The SMILES string of the molecule is CCCSc1nc2n(n1)C(c1cc(Br)c(OC)c(OCC)c1)C(C(=O)OC(C)C)=C(C)N2. The molecular weight excluding hydrogens is 496 g/mol. The molecule has 1 aromatic heterocycles. The topological polar surface area (TPSA) is 87.5 Å². The second kappa shape index (κ2) is 10.6. The minimum Gasteiger partial charge on any atom is -0.492 e. The molecule has 0 radical (unpaired) electrons. The van der Waals surface area contributed by atoms with Gasteiger partial charge in [0, 0.05) is 11.4 Å². The number of anilines is 1. The molecular formula is C22H29BrN4O4S. The number of ether oxygens (including phenoxy) is 3. The van der Waals surface area contributed by atoms with Crippen LogP contribution in [-0.4, -0.2) is 46.3 Å². The summed E-state index contributed by atoms with van der Waals surface area (Å²) in [5.41, 5.74) is 1.95. The third-order valence-electron chi connectivity index (χ3n) is 4.68. The lowest BCUT2D eigenvalue weighted by atomic mass is 9.95. The number of halogens is 1. The van der Waals surface area contributed by atoms with E-state index >= 15 is 0 Å². The van der Waals surface area contributed by atoms with Crippen molar-refractivity contribution in [3.63, 3.8) is 0 Å². The van der Waals surface area contributed by atoms with Gasteiger partial charge in [-0.3, -0.25) is 0 Å². The first-order valence-corrected chi connectivity index (χ1v) is 12.4. The highest BCUT2D eigenvalue weighted by molar-refractivity contribution is 9.10. The largest absolute Gasteiger partial charge is 0.492 e. The van der Waals surface area contributed by atoms with Crippen LogP contribution in [0.25, 0.3) is 0 Å². The monoisotopic (exact) mass is 524 g/mol. The molecule has 0 amide bonds. The molecule has 1 aliphatic heterocycles. The van der Waals surface area contributed by atoms with Gasteiger partial charge in [-0.1, -0.05) is 18.7 Å². The van der Waals surface area contributed by atoms with E-state index in [-0.39, 0.29) is 6.10 Å². The van der Waals surface area contributed by atoms with Crippen LogP contribution < -0.4 is 14.8 Å². The second-order valence-electron chi connectivity index (χ2n) is 7.50. The van der Waals surface area contributed by atoms with Gasteiger partial charge in [-0.15, -0.1) is 5.10 Å². The maximum Gasteiger partial charge on any atom is 0.338 e. The number of carbonyl (C=O) groups excluding carboxylic acids is 1. The average Bonchev–Trinajstić information content (AvgIpc) is 3.12. The van der Waals surface area contributed by atoms with E-state index in [1.54, 1.807) is 23.6 Å². The van der Waals surface area contributed by atoms with Gasteiger partial charge in [0.15, 0.2) is 11.5 Å². The zero-order chi connectivity index (χ0) is 23.4. The molecule has 174 valence electrons. The fraction of sp³-hybridized carbons (Fsp3) is 0.500. The van der Waals surface area contributed by atoms with Crippen molar-refractivity contribution in [2.45, 2.75) is 58.3 Å². The van der Waals surface area contributed by atoms with Crippen LogP contribution in [0.5, 0.6) is 11.5 Å². The fourth-order valence-corrected chi connectivity index (χ4v) is 4.75. The molecule has 0 bridgehead atoms. The molecule has 2 heterocycles. The molecule has 1 N–H and O–H groups in total. The summed E-state index contributed by atoms with van der Waals surface area (Å²) in [6, 6.07) is 3.25. The van der Waals surface area contributed by atoms with Gasteiger partial charge in [0.25, 0.3) is 0 Å². The molecule has 1 aromatic carbocycles. The van der Waals surface area contributed by atoms with E-state index in [9.17, 15) is 4.79 Å². The van der Waals surface area contributed by atoms with Gasteiger partial charge in [-0.2, -0.15) is 4.98 Å². The van der Waals surface area contributed by atoms with E-state index < -0.39 is 12.0 Å². The Balaban J connectivity index is 2.18. The van der Waals surface area contributed by atoms with Crippen molar-refractivity contribution in [2.24, 2.45) is 0 Å². The highest BCUT2D eigenvalue weighted by atomic mass is 79.9. The van der Waals surface area contributed by atoms with E-state index in [1.165, 1.54) is 0 Å². The summed E-state index contributed by atoms with van der Waals surface area (Å²) >= 11 is 5.17. The Morgan fingerprint density at radius 3 is 2.72 bits per heavy atom. The van der Waals surface area contributed by atoms with E-state index in [0.717, 1.165) is 22.2 Å².